The Morgan fingerprint density at radius 2 is 2.24 bits per heavy atom. The number of hydrogen-bond acceptors (Lipinski definition) is 3. The number of ether oxygens (including phenoxy) is 1. The van der Waals surface area contributed by atoms with Crippen LogP contribution in [0.4, 0.5) is 10.5 Å². The zero-order valence-electron chi connectivity index (χ0n) is 9.53. The third-order valence-corrected chi connectivity index (χ3v) is 1.95. The topological polar surface area (TPSA) is 67.4 Å². The van der Waals surface area contributed by atoms with Crippen LogP contribution in [-0.4, -0.2) is 25.7 Å². The van der Waals surface area contributed by atoms with Gasteiger partial charge < -0.3 is 15.4 Å². The number of methoxy groups -OCH3 is 1. The van der Waals surface area contributed by atoms with Gasteiger partial charge in [0.05, 0.1) is 12.7 Å². The normalized spacial score (nSPS) is 9.24. The van der Waals surface area contributed by atoms with E-state index in [1.165, 1.54) is 7.11 Å². The second-order valence-corrected chi connectivity index (χ2v) is 3.20. The highest BCUT2D eigenvalue weighted by Crippen LogP contribution is 2.11. The van der Waals surface area contributed by atoms with E-state index in [1.54, 1.807) is 30.3 Å². The summed E-state index contributed by atoms with van der Waals surface area (Å²) in [6.07, 6.45) is 1.57. The van der Waals surface area contributed by atoms with Crippen molar-refractivity contribution in [2.75, 3.05) is 19.0 Å². The van der Waals surface area contributed by atoms with E-state index in [4.69, 9.17) is 0 Å². The van der Waals surface area contributed by atoms with Gasteiger partial charge in [0.2, 0.25) is 0 Å². The van der Waals surface area contributed by atoms with Crippen molar-refractivity contribution in [3.63, 3.8) is 0 Å². The lowest BCUT2D eigenvalue weighted by Gasteiger charge is -2.07. The Bertz CT molecular complexity index is 430. The number of amides is 2. The lowest BCUT2D eigenvalue weighted by Crippen LogP contribution is -2.28. The fourth-order valence-electron chi connectivity index (χ4n) is 1.18. The standard InChI is InChI=1S/C12H14N2O3/c1-3-7-13-12(16)14-10-6-4-5-9(8-10)11(15)17-2/h3-6,8H,1,7H2,2H3,(H2,13,14,16). The second-order valence-electron chi connectivity index (χ2n) is 3.20. The number of carbonyl (C=O) groups excluding carboxylic acids is 2. The highest BCUT2D eigenvalue weighted by atomic mass is 16.5. The van der Waals surface area contributed by atoms with Gasteiger partial charge in [0, 0.05) is 12.2 Å². The zero-order chi connectivity index (χ0) is 12.7. The minimum absolute atomic E-state index is 0.355. The zero-order valence-corrected chi connectivity index (χ0v) is 9.53. The third kappa shape index (κ3) is 3.98. The summed E-state index contributed by atoms with van der Waals surface area (Å²) in [5.74, 6) is -0.444. The molecule has 2 amide bonds. The van der Waals surface area contributed by atoms with Gasteiger partial charge in [-0.15, -0.1) is 6.58 Å². The van der Waals surface area contributed by atoms with E-state index in [0.717, 1.165) is 0 Å². The molecule has 0 radical (unpaired) electrons. The fraction of sp³-hybridized carbons (Fsp3) is 0.167. The number of urea groups is 1. The SMILES string of the molecule is C=CCNC(=O)Nc1cccc(C(=O)OC)c1. The van der Waals surface area contributed by atoms with Crippen molar-refractivity contribution in [1.82, 2.24) is 5.32 Å². The first-order chi connectivity index (χ1) is 8.17. The van der Waals surface area contributed by atoms with Crippen molar-refractivity contribution < 1.29 is 14.3 Å². The second kappa shape index (κ2) is 6.32. The van der Waals surface area contributed by atoms with Gasteiger partial charge in [-0.2, -0.15) is 0 Å². The van der Waals surface area contributed by atoms with Crippen LogP contribution < -0.4 is 10.6 Å². The first-order valence-corrected chi connectivity index (χ1v) is 5.01. The van der Waals surface area contributed by atoms with E-state index < -0.39 is 5.97 Å². The molecule has 1 rings (SSSR count). The molecule has 90 valence electrons. The van der Waals surface area contributed by atoms with Crippen LogP contribution in [0.15, 0.2) is 36.9 Å². The van der Waals surface area contributed by atoms with Gasteiger partial charge in [0.1, 0.15) is 0 Å². The largest absolute Gasteiger partial charge is 0.465 e. The summed E-state index contributed by atoms with van der Waals surface area (Å²) in [6, 6.07) is 6.14. The third-order valence-electron chi connectivity index (χ3n) is 1.95. The molecule has 0 saturated heterocycles. The van der Waals surface area contributed by atoms with Crippen LogP contribution in [0.25, 0.3) is 0 Å². The first-order valence-electron chi connectivity index (χ1n) is 5.01. The first kappa shape index (κ1) is 12.8. The van der Waals surface area contributed by atoms with Crippen molar-refractivity contribution in [3.8, 4) is 0 Å². The Morgan fingerprint density at radius 1 is 1.47 bits per heavy atom. The molecule has 0 heterocycles. The molecule has 0 aliphatic rings. The van der Waals surface area contributed by atoms with Crippen molar-refractivity contribution >= 4 is 17.7 Å². The quantitative estimate of drug-likeness (QED) is 0.616. The maximum absolute atomic E-state index is 11.3. The summed E-state index contributed by atoms with van der Waals surface area (Å²) < 4.78 is 4.58. The molecule has 0 aromatic heterocycles. The number of esters is 1. The molecule has 0 unspecified atom stereocenters. The van der Waals surface area contributed by atoms with Crippen molar-refractivity contribution in [1.29, 1.82) is 0 Å². The smallest absolute Gasteiger partial charge is 0.337 e. The summed E-state index contributed by atoms with van der Waals surface area (Å²) in [7, 11) is 1.30. The molecule has 17 heavy (non-hydrogen) atoms. The van der Waals surface area contributed by atoms with Crippen molar-refractivity contribution in [3.05, 3.63) is 42.5 Å². The average molecular weight is 234 g/mol. The predicted molar refractivity (Wildman–Crippen MR) is 65.0 cm³/mol. The lowest BCUT2D eigenvalue weighted by atomic mass is 10.2. The van der Waals surface area contributed by atoms with Crippen LogP contribution in [0.5, 0.6) is 0 Å². The van der Waals surface area contributed by atoms with E-state index in [1.807, 2.05) is 0 Å². The van der Waals surface area contributed by atoms with Gasteiger partial charge in [0.25, 0.3) is 0 Å². The molecule has 0 bridgehead atoms. The molecular formula is C12H14N2O3. The molecule has 0 aliphatic heterocycles. The maximum atomic E-state index is 11.3. The van der Waals surface area contributed by atoms with Gasteiger partial charge in [-0.1, -0.05) is 12.1 Å². The summed E-state index contributed by atoms with van der Waals surface area (Å²) in [4.78, 5) is 22.6. The van der Waals surface area contributed by atoms with Crippen LogP contribution in [0.1, 0.15) is 10.4 Å². The molecule has 0 atom stereocenters. The summed E-state index contributed by atoms with van der Waals surface area (Å²) in [5, 5.41) is 5.15. The summed E-state index contributed by atoms with van der Waals surface area (Å²) in [6.45, 7) is 3.86. The fourth-order valence-corrected chi connectivity index (χ4v) is 1.18. The molecule has 0 aliphatic carbocycles. The Hall–Kier alpha value is -2.30. The van der Waals surface area contributed by atoms with E-state index >= 15 is 0 Å². The Morgan fingerprint density at radius 3 is 2.88 bits per heavy atom. The molecule has 5 heteroatoms. The molecule has 0 saturated carbocycles. The highest BCUT2D eigenvalue weighted by Gasteiger charge is 2.06. The Kier molecular flexibility index (Phi) is 4.75. The average Bonchev–Trinajstić information content (AvgIpc) is 2.35. The molecule has 5 nitrogen and oxygen atoms in total. The lowest BCUT2D eigenvalue weighted by molar-refractivity contribution is 0.0600. The van der Waals surface area contributed by atoms with E-state index in [9.17, 15) is 9.59 Å². The van der Waals surface area contributed by atoms with Gasteiger partial charge in [-0.3, -0.25) is 0 Å². The van der Waals surface area contributed by atoms with Crippen molar-refractivity contribution in [2.24, 2.45) is 0 Å². The number of hydrogen-bond donors (Lipinski definition) is 2. The summed E-state index contributed by atoms with van der Waals surface area (Å²) >= 11 is 0. The van der Waals surface area contributed by atoms with Gasteiger partial charge >= 0.3 is 12.0 Å². The minimum Gasteiger partial charge on any atom is -0.465 e. The number of nitrogens with one attached hydrogen (secondary N) is 2. The van der Waals surface area contributed by atoms with Gasteiger partial charge in [-0.05, 0) is 18.2 Å². The molecule has 2 N–H and O–H groups in total. The molecule has 0 fully saturated rings. The number of carbonyl (C=O) groups is 2. The van der Waals surface area contributed by atoms with Gasteiger partial charge in [0.15, 0.2) is 0 Å². The van der Waals surface area contributed by atoms with Crippen molar-refractivity contribution in [2.45, 2.75) is 0 Å². The molecule has 0 spiro atoms. The van der Waals surface area contributed by atoms with Crippen LogP contribution in [0.2, 0.25) is 0 Å². The molecular weight excluding hydrogens is 220 g/mol. The maximum Gasteiger partial charge on any atom is 0.337 e. The predicted octanol–water partition coefficient (Wildman–Crippen LogP) is 1.78. The van der Waals surface area contributed by atoms with Crippen LogP contribution in [0, 0.1) is 0 Å². The highest BCUT2D eigenvalue weighted by molar-refractivity contribution is 5.93. The number of benzene rings is 1. The van der Waals surface area contributed by atoms with Crippen LogP contribution >= 0.6 is 0 Å². The van der Waals surface area contributed by atoms with E-state index in [0.29, 0.717) is 17.8 Å². The Labute approximate surface area is 99.5 Å². The summed E-state index contributed by atoms with van der Waals surface area (Å²) in [5.41, 5.74) is 0.906. The molecule has 1 aromatic rings. The Balaban J connectivity index is 2.68. The molecule has 1 aromatic carbocycles. The van der Waals surface area contributed by atoms with Crippen LogP contribution in [-0.2, 0) is 4.74 Å². The van der Waals surface area contributed by atoms with E-state index in [2.05, 4.69) is 21.9 Å². The van der Waals surface area contributed by atoms with Gasteiger partial charge in [-0.25, -0.2) is 9.59 Å². The monoisotopic (exact) mass is 234 g/mol. The number of rotatable bonds is 4. The van der Waals surface area contributed by atoms with Crippen LogP contribution in [0.3, 0.4) is 0 Å². The van der Waals surface area contributed by atoms with E-state index in [-0.39, 0.29) is 6.03 Å². The minimum atomic E-state index is -0.444. The number of anilines is 1.